The molecule has 1 heterocycles. The maximum Gasteiger partial charge on any atom is 0.123 e. The molecule has 72 valence electrons. The van der Waals surface area contributed by atoms with Gasteiger partial charge in [-0.2, -0.15) is 12.6 Å². The van der Waals surface area contributed by atoms with Crippen molar-refractivity contribution < 1.29 is 4.39 Å². The van der Waals surface area contributed by atoms with E-state index in [4.69, 9.17) is 0 Å². The SMILES string of the molecule is CN1CC(S)C1.Fc1ccccc1. The number of thiol groups is 1. The van der Waals surface area contributed by atoms with Gasteiger partial charge in [-0.05, 0) is 19.2 Å². The molecule has 0 radical (unpaired) electrons. The average Bonchev–Trinajstić information content (AvgIpc) is 2.05. The second-order valence-electron chi connectivity index (χ2n) is 3.17. The molecule has 0 aromatic heterocycles. The smallest absolute Gasteiger partial charge is 0.123 e. The first kappa shape index (κ1) is 10.5. The monoisotopic (exact) mass is 199 g/mol. The van der Waals surface area contributed by atoms with Crippen LogP contribution in [0.25, 0.3) is 0 Å². The predicted molar refractivity (Wildman–Crippen MR) is 56.7 cm³/mol. The molecule has 0 spiro atoms. The van der Waals surface area contributed by atoms with Gasteiger partial charge in [0.15, 0.2) is 0 Å². The topological polar surface area (TPSA) is 3.24 Å². The fraction of sp³-hybridized carbons (Fsp3) is 0.400. The van der Waals surface area contributed by atoms with Crippen LogP contribution in [-0.2, 0) is 0 Å². The highest BCUT2D eigenvalue weighted by atomic mass is 32.1. The molecule has 1 fully saturated rings. The lowest BCUT2D eigenvalue weighted by Crippen LogP contribution is -2.44. The largest absolute Gasteiger partial charge is 0.304 e. The number of rotatable bonds is 0. The number of nitrogens with zero attached hydrogens (tertiary/aromatic N) is 1. The summed E-state index contributed by atoms with van der Waals surface area (Å²) in [5.41, 5.74) is 0. The lowest BCUT2D eigenvalue weighted by molar-refractivity contribution is 0.241. The Hall–Kier alpha value is -0.540. The Morgan fingerprint density at radius 3 is 2.00 bits per heavy atom. The molecule has 1 saturated heterocycles. The van der Waals surface area contributed by atoms with E-state index in [1.165, 1.54) is 25.2 Å². The van der Waals surface area contributed by atoms with E-state index < -0.39 is 0 Å². The van der Waals surface area contributed by atoms with Gasteiger partial charge in [0.1, 0.15) is 5.82 Å². The van der Waals surface area contributed by atoms with Crippen LogP contribution in [0.1, 0.15) is 0 Å². The quantitative estimate of drug-likeness (QED) is 0.626. The highest BCUT2D eigenvalue weighted by molar-refractivity contribution is 7.81. The van der Waals surface area contributed by atoms with Crippen molar-refractivity contribution in [3.05, 3.63) is 36.1 Å². The van der Waals surface area contributed by atoms with Crippen LogP contribution in [0, 0.1) is 5.82 Å². The van der Waals surface area contributed by atoms with Gasteiger partial charge in [0, 0.05) is 18.3 Å². The van der Waals surface area contributed by atoms with E-state index >= 15 is 0 Å². The van der Waals surface area contributed by atoms with Gasteiger partial charge in [-0.1, -0.05) is 18.2 Å². The highest BCUT2D eigenvalue weighted by Gasteiger charge is 2.17. The van der Waals surface area contributed by atoms with Crippen molar-refractivity contribution in [3.8, 4) is 0 Å². The first-order chi connectivity index (χ1) is 6.18. The Bertz CT molecular complexity index is 228. The van der Waals surface area contributed by atoms with Crippen LogP contribution >= 0.6 is 12.6 Å². The molecule has 3 heteroatoms. The molecular weight excluding hydrogens is 185 g/mol. The van der Waals surface area contributed by atoms with Crippen LogP contribution in [0.5, 0.6) is 0 Å². The van der Waals surface area contributed by atoms with Gasteiger partial charge in [0.25, 0.3) is 0 Å². The standard InChI is InChI=1S/C6H5F.C4H9NS/c7-6-4-2-1-3-5-6;1-5-2-4(6)3-5/h1-5H;4,6H,2-3H2,1H3. The Morgan fingerprint density at radius 2 is 1.85 bits per heavy atom. The number of hydrogen-bond donors (Lipinski definition) is 1. The minimum absolute atomic E-state index is 0.178. The summed E-state index contributed by atoms with van der Waals surface area (Å²) in [6.45, 7) is 2.34. The van der Waals surface area contributed by atoms with Gasteiger partial charge < -0.3 is 4.90 Å². The third-order valence-electron chi connectivity index (χ3n) is 1.78. The van der Waals surface area contributed by atoms with Crippen molar-refractivity contribution in [2.24, 2.45) is 0 Å². The van der Waals surface area contributed by atoms with Crippen molar-refractivity contribution >= 4 is 12.6 Å². The maximum atomic E-state index is 11.9. The molecule has 0 bridgehead atoms. The van der Waals surface area contributed by atoms with E-state index in [2.05, 4.69) is 24.6 Å². The Balaban J connectivity index is 0.000000132. The molecule has 0 amide bonds. The second-order valence-corrected chi connectivity index (χ2v) is 3.90. The fourth-order valence-corrected chi connectivity index (χ4v) is 1.64. The molecule has 0 saturated carbocycles. The first-order valence-corrected chi connectivity index (χ1v) is 4.77. The van der Waals surface area contributed by atoms with Crippen LogP contribution in [0.15, 0.2) is 30.3 Å². The summed E-state index contributed by atoms with van der Waals surface area (Å²) in [6, 6.07) is 7.94. The van der Waals surface area contributed by atoms with E-state index in [0.717, 1.165) is 0 Å². The zero-order chi connectivity index (χ0) is 9.68. The van der Waals surface area contributed by atoms with Crippen LogP contribution in [-0.4, -0.2) is 30.3 Å². The highest BCUT2D eigenvalue weighted by Crippen LogP contribution is 2.08. The van der Waals surface area contributed by atoms with Crippen LogP contribution in [0.4, 0.5) is 4.39 Å². The summed E-state index contributed by atoms with van der Waals surface area (Å²) in [5.74, 6) is -0.178. The zero-order valence-corrected chi connectivity index (χ0v) is 8.55. The number of halogens is 1. The Labute approximate surface area is 84.0 Å². The molecule has 1 nitrogen and oxygen atoms in total. The third kappa shape index (κ3) is 4.29. The molecule has 1 aliphatic heterocycles. The average molecular weight is 199 g/mol. The summed E-state index contributed by atoms with van der Waals surface area (Å²) >= 11 is 4.20. The maximum absolute atomic E-state index is 11.9. The molecule has 0 unspecified atom stereocenters. The summed E-state index contributed by atoms with van der Waals surface area (Å²) in [7, 11) is 2.10. The minimum Gasteiger partial charge on any atom is -0.304 e. The van der Waals surface area contributed by atoms with Crippen molar-refractivity contribution in [3.63, 3.8) is 0 Å². The summed E-state index contributed by atoms with van der Waals surface area (Å²) < 4.78 is 11.9. The van der Waals surface area contributed by atoms with Gasteiger partial charge in [-0.25, -0.2) is 4.39 Å². The Kier molecular flexibility index (Phi) is 4.25. The summed E-state index contributed by atoms with van der Waals surface area (Å²) in [4.78, 5) is 2.25. The zero-order valence-electron chi connectivity index (χ0n) is 7.65. The lowest BCUT2D eigenvalue weighted by Gasteiger charge is -2.32. The molecule has 0 aliphatic carbocycles. The first-order valence-electron chi connectivity index (χ1n) is 4.25. The van der Waals surface area contributed by atoms with Crippen LogP contribution in [0.3, 0.4) is 0 Å². The predicted octanol–water partition coefficient (Wildman–Crippen LogP) is 2.06. The summed E-state index contributed by atoms with van der Waals surface area (Å²) in [5, 5.41) is 0.662. The van der Waals surface area contributed by atoms with Gasteiger partial charge in [-0.15, -0.1) is 0 Å². The molecule has 13 heavy (non-hydrogen) atoms. The van der Waals surface area contributed by atoms with Crippen molar-refractivity contribution in [2.75, 3.05) is 20.1 Å². The molecule has 2 rings (SSSR count). The van der Waals surface area contributed by atoms with E-state index in [-0.39, 0.29) is 5.82 Å². The number of benzene rings is 1. The van der Waals surface area contributed by atoms with Crippen LogP contribution < -0.4 is 0 Å². The molecule has 1 aromatic carbocycles. The van der Waals surface area contributed by atoms with E-state index in [9.17, 15) is 4.39 Å². The molecule has 0 N–H and O–H groups in total. The summed E-state index contributed by atoms with van der Waals surface area (Å²) in [6.07, 6.45) is 0. The normalized spacial score (nSPS) is 17.2. The minimum atomic E-state index is -0.178. The van der Waals surface area contributed by atoms with E-state index in [1.54, 1.807) is 18.2 Å². The van der Waals surface area contributed by atoms with E-state index in [1.807, 2.05) is 0 Å². The van der Waals surface area contributed by atoms with Gasteiger partial charge in [0.05, 0.1) is 0 Å². The third-order valence-corrected chi connectivity index (χ3v) is 2.10. The van der Waals surface area contributed by atoms with Crippen molar-refractivity contribution in [1.29, 1.82) is 0 Å². The van der Waals surface area contributed by atoms with E-state index in [0.29, 0.717) is 5.25 Å². The van der Waals surface area contributed by atoms with Gasteiger partial charge in [0.2, 0.25) is 0 Å². The van der Waals surface area contributed by atoms with Gasteiger partial charge >= 0.3 is 0 Å². The number of likely N-dealkylation sites (tertiary alicyclic amines) is 1. The van der Waals surface area contributed by atoms with Crippen molar-refractivity contribution in [1.82, 2.24) is 4.90 Å². The Morgan fingerprint density at radius 1 is 1.31 bits per heavy atom. The van der Waals surface area contributed by atoms with Crippen molar-refractivity contribution in [2.45, 2.75) is 5.25 Å². The molecule has 1 aliphatic rings. The second kappa shape index (κ2) is 5.25. The van der Waals surface area contributed by atoms with Gasteiger partial charge in [-0.3, -0.25) is 0 Å². The van der Waals surface area contributed by atoms with Crippen LogP contribution in [0.2, 0.25) is 0 Å². The molecular formula is C10H14FNS. The molecule has 1 aromatic rings. The number of hydrogen-bond acceptors (Lipinski definition) is 2. The lowest BCUT2D eigenvalue weighted by atomic mass is 10.2. The molecule has 0 atom stereocenters. The fourth-order valence-electron chi connectivity index (χ4n) is 1.08.